The van der Waals surface area contributed by atoms with E-state index < -0.39 is 0 Å². The lowest BCUT2D eigenvalue weighted by molar-refractivity contribution is -0.115. The highest BCUT2D eigenvalue weighted by Crippen LogP contribution is 2.49. The zero-order valence-electron chi connectivity index (χ0n) is 23.9. The van der Waals surface area contributed by atoms with Crippen molar-refractivity contribution in [3.8, 4) is 11.3 Å². The van der Waals surface area contributed by atoms with Gasteiger partial charge in [-0.1, -0.05) is 91.7 Å². The molecule has 7 rings (SSSR count). The van der Waals surface area contributed by atoms with Gasteiger partial charge in [-0.2, -0.15) is 0 Å². The van der Waals surface area contributed by atoms with Gasteiger partial charge in [-0.3, -0.25) is 19.1 Å². The van der Waals surface area contributed by atoms with Crippen LogP contribution in [-0.4, -0.2) is 21.2 Å². The van der Waals surface area contributed by atoms with Crippen molar-refractivity contribution in [1.29, 1.82) is 0 Å². The predicted molar refractivity (Wildman–Crippen MR) is 171 cm³/mol. The van der Waals surface area contributed by atoms with Crippen LogP contribution in [0.25, 0.3) is 11.3 Å². The van der Waals surface area contributed by atoms with Gasteiger partial charge in [-0.15, -0.1) is 0 Å². The Bertz CT molecular complexity index is 1750. The van der Waals surface area contributed by atoms with E-state index in [0.29, 0.717) is 10.9 Å². The number of furan rings is 1. The molecule has 1 spiro atoms. The highest BCUT2D eigenvalue weighted by atomic mass is 32.2. The van der Waals surface area contributed by atoms with E-state index in [1.54, 1.807) is 15.7 Å². The fourth-order valence-electron chi connectivity index (χ4n) is 6.81. The molecule has 0 unspecified atom stereocenters. The Labute approximate surface area is 255 Å². The van der Waals surface area contributed by atoms with Crippen LogP contribution in [-0.2, 0) is 23.2 Å². The minimum atomic E-state index is -0.215. The second kappa shape index (κ2) is 11.7. The lowest BCUT2D eigenvalue weighted by atomic mass is 9.62. The maximum Gasteiger partial charge on any atom is 0.258 e. The van der Waals surface area contributed by atoms with Gasteiger partial charge in [0.25, 0.3) is 5.56 Å². The van der Waals surface area contributed by atoms with E-state index in [4.69, 9.17) is 9.40 Å². The minimum Gasteiger partial charge on any atom is -0.467 e. The van der Waals surface area contributed by atoms with Gasteiger partial charge in [0.15, 0.2) is 5.16 Å². The Morgan fingerprint density at radius 3 is 2.21 bits per heavy atom. The van der Waals surface area contributed by atoms with Crippen LogP contribution in [0.3, 0.4) is 0 Å². The average molecular weight is 588 g/mol. The Morgan fingerprint density at radius 1 is 0.860 bits per heavy atom. The molecule has 2 heterocycles. The van der Waals surface area contributed by atoms with Crippen LogP contribution >= 0.6 is 11.8 Å². The number of fused-ring (bicyclic) bond motifs is 4. The molecule has 0 atom stereocenters. The standard InChI is InChI=1S/C36H33N3O3S/c40-31(39(27-14-4-1-5-15-27)28-16-6-2-7-17-28)25-43-35-37-33-30-19-9-8-13-26(30)23-36(20-10-3-11-21-36)32(33)34(41)38(35)24-29-18-12-22-42-29/h1-2,4-9,12-19,22H,3,10-11,20-21,23-25H2. The Kier molecular flexibility index (Phi) is 7.49. The van der Waals surface area contributed by atoms with E-state index >= 15 is 0 Å². The summed E-state index contributed by atoms with van der Waals surface area (Å²) in [5.41, 5.74) is 5.24. The number of anilines is 2. The monoisotopic (exact) mass is 587 g/mol. The summed E-state index contributed by atoms with van der Waals surface area (Å²) in [5.74, 6) is 0.698. The zero-order chi connectivity index (χ0) is 29.2. The number of benzene rings is 3. The molecule has 0 aliphatic heterocycles. The van der Waals surface area contributed by atoms with Crippen LogP contribution in [0.15, 0.2) is 118 Å². The molecule has 0 radical (unpaired) electrons. The molecule has 0 N–H and O–H groups in total. The van der Waals surface area contributed by atoms with Gasteiger partial charge in [0.05, 0.1) is 29.8 Å². The number of aromatic nitrogens is 2. The van der Waals surface area contributed by atoms with Crippen LogP contribution in [0.1, 0.15) is 49.0 Å². The number of carbonyl (C=O) groups excluding carboxylic acids is 1. The molecule has 1 saturated carbocycles. The normalized spacial score (nSPS) is 15.1. The molecule has 216 valence electrons. The Hall–Kier alpha value is -4.36. The van der Waals surface area contributed by atoms with E-state index in [-0.39, 0.29) is 29.2 Å². The lowest BCUT2D eigenvalue weighted by Gasteiger charge is -2.42. The van der Waals surface area contributed by atoms with E-state index in [1.165, 1.54) is 23.7 Å². The highest BCUT2D eigenvalue weighted by Gasteiger charge is 2.43. The third-order valence-electron chi connectivity index (χ3n) is 8.77. The first-order valence-electron chi connectivity index (χ1n) is 14.9. The topological polar surface area (TPSA) is 68.3 Å². The van der Waals surface area contributed by atoms with Gasteiger partial charge in [-0.25, -0.2) is 4.98 Å². The molecule has 2 aromatic heterocycles. The summed E-state index contributed by atoms with van der Waals surface area (Å²) >= 11 is 1.31. The Balaban J connectivity index is 1.32. The summed E-state index contributed by atoms with van der Waals surface area (Å²) in [6.07, 6.45) is 7.88. The number of rotatable bonds is 7. The number of hydrogen-bond donors (Lipinski definition) is 0. The fourth-order valence-corrected chi connectivity index (χ4v) is 7.65. The first-order valence-corrected chi connectivity index (χ1v) is 15.9. The molecule has 3 aromatic carbocycles. The molecule has 7 heteroatoms. The number of carbonyl (C=O) groups is 1. The van der Waals surface area contributed by atoms with Crippen LogP contribution in [0.4, 0.5) is 11.4 Å². The zero-order valence-corrected chi connectivity index (χ0v) is 24.8. The number of thioether (sulfide) groups is 1. The van der Waals surface area contributed by atoms with Crippen molar-refractivity contribution in [1.82, 2.24) is 9.55 Å². The maximum absolute atomic E-state index is 14.6. The second-order valence-corrected chi connectivity index (χ2v) is 12.4. The molecule has 43 heavy (non-hydrogen) atoms. The lowest BCUT2D eigenvalue weighted by Crippen LogP contribution is -2.43. The SMILES string of the molecule is O=C(CSc1nc2c(c(=O)n1Cc1ccco1)C1(CCCCC1)Cc1ccccc1-2)N(c1ccccc1)c1ccccc1. The van der Waals surface area contributed by atoms with Crippen molar-refractivity contribution in [2.45, 2.75) is 55.6 Å². The summed E-state index contributed by atoms with van der Waals surface area (Å²) in [5, 5.41) is 0.525. The average Bonchev–Trinajstić information content (AvgIpc) is 3.56. The molecule has 6 nitrogen and oxygen atoms in total. The van der Waals surface area contributed by atoms with Crippen molar-refractivity contribution in [3.63, 3.8) is 0 Å². The predicted octanol–water partition coefficient (Wildman–Crippen LogP) is 7.77. The van der Waals surface area contributed by atoms with Crippen LogP contribution in [0, 0.1) is 0 Å². The number of nitrogens with zero attached hydrogens (tertiary/aromatic N) is 3. The minimum absolute atomic E-state index is 0.0178. The smallest absolute Gasteiger partial charge is 0.258 e. The third-order valence-corrected chi connectivity index (χ3v) is 9.73. The summed E-state index contributed by atoms with van der Waals surface area (Å²) in [7, 11) is 0. The Morgan fingerprint density at radius 2 is 1.53 bits per heavy atom. The maximum atomic E-state index is 14.6. The number of para-hydroxylation sites is 2. The van der Waals surface area contributed by atoms with E-state index in [9.17, 15) is 9.59 Å². The molecular formula is C36H33N3O3S. The molecule has 2 aliphatic rings. The molecule has 5 aromatic rings. The highest BCUT2D eigenvalue weighted by molar-refractivity contribution is 7.99. The van der Waals surface area contributed by atoms with Crippen molar-refractivity contribution >= 4 is 29.0 Å². The summed E-state index contributed by atoms with van der Waals surface area (Å²) in [6.45, 7) is 0.265. The van der Waals surface area contributed by atoms with Gasteiger partial charge in [0.1, 0.15) is 5.76 Å². The quantitative estimate of drug-likeness (QED) is 0.144. The molecule has 0 saturated heterocycles. The van der Waals surface area contributed by atoms with Crippen LogP contribution in [0.2, 0.25) is 0 Å². The number of amides is 1. The molecule has 1 fully saturated rings. The molecular weight excluding hydrogens is 554 g/mol. The van der Waals surface area contributed by atoms with Crippen molar-refractivity contribution in [2.24, 2.45) is 0 Å². The molecule has 1 amide bonds. The van der Waals surface area contributed by atoms with Crippen molar-refractivity contribution < 1.29 is 9.21 Å². The van der Waals surface area contributed by atoms with Crippen LogP contribution < -0.4 is 10.5 Å². The molecule has 2 aliphatic carbocycles. The fraction of sp³-hybridized carbons (Fsp3) is 0.250. The van der Waals surface area contributed by atoms with Crippen molar-refractivity contribution in [3.05, 3.63) is 131 Å². The van der Waals surface area contributed by atoms with Gasteiger partial charge in [0, 0.05) is 22.4 Å². The summed E-state index contributed by atoms with van der Waals surface area (Å²) < 4.78 is 7.42. The largest absolute Gasteiger partial charge is 0.467 e. The second-order valence-electron chi connectivity index (χ2n) is 11.5. The van der Waals surface area contributed by atoms with Gasteiger partial charge in [0.2, 0.25) is 5.91 Å². The summed E-state index contributed by atoms with van der Waals surface area (Å²) in [4.78, 5) is 35.5. The first kappa shape index (κ1) is 27.5. The van der Waals surface area contributed by atoms with E-state index in [0.717, 1.165) is 60.3 Å². The van der Waals surface area contributed by atoms with Gasteiger partial charge in [-0.05, 0) is 61.2 Å². The molecule has 0 bridgehead atoms. The van der Waals surface area contributed by atoms with Crippen LogP contribution in [0.5, 0.6) is 0 Å². The first-order chi connectivity index (χ1) is 21.1. The van der Waals surface area contributed by atoms with E-state index in [1.807, 2.05) is 78.9 Å². The van der Waals surface area contributed by atoms with Crippen molar-refractivity contribution in [2.75, 3.05) is 10.7 Å². The van der Waals surface area contributed by atoms with E-state index in [2.05, 4.69) is 18.2 Å². The summed E-state index contributed by atoms with van der Waals surface area (Å²) in [6, 6.07) is 31.4. The van der Waals surface area contributed by atoms with Gasteiger partial charge < -0.3 is 4.42 Å². The van der Waals surface area contributed by atoms with Gasteiger partial charge >= 0.3 is 0 Å². The number of hydrogen-bond acceptors (Lipinski definition) is 5. The third kappa shape index (κ3) is 5.23.